The molecule has 2 amide bonds. The molecular weight excluding hydrogens is 440 g/mol. The summed E-state index contributed by atoms with van der Waals surface area (Å²) >= 11 is 1.36. The first-order valence-electron chi connectivity index (χ1n) is 10.8. The Kier molecular flexibility index (Phi) is 5.83. The third-order valence-electron chi connectivity index (χ3n) is 5.94. The van der Waals surface area contributed by atoms with Crippen LogP contribution in [0.15, 0.2) is 60.0 Å². The Labute approximate surface area is 194 Å². The van der Waals surface area contributed by atoms with Crippen LogP contribution in [-0.4, -0.2) is 42.4 Å². The molecule has 33 heavy (non-hydrogen) atoms. The number of carbonyl (C=O) groups is 3. The molecule has 0 bridgehead atoms. The molecule has 0 unspecified atom stereocenters. The number of ketones is 1. The van der Waals surface area contributed by atoms with E-state index in [1.54, 1.807) is 53.4 Å². The number of hydrogen-bond donors (Lipinski definition) is 1. The Bertz CT molecular complexity index is 1200. The number of nitrogens with zero attached hydrogens (tertiary/aromatic N) is 1. The summed E-state index contributed by atoms with van der Waals surface area (Å²) in [6, 6.07) is 15.8. The molecule has 7 nitrogen and oxygen atoms in total. The fourth-order valence-corrected chi connectivity index (χ4v) is 4.82. The van der Waals surface area contributed by atoms with Gasteiger partial charge in [-0.1, -0.05) is 24.3 Å². The van der Waals surface area contributed by atoms with Gasteiger partial charge in [0.15, 0.2) is 11.5 Å². The van der Waals surface area contributed by atoms with E-state index in [4.69, 9.17) is 9.47 Å². The smallest absolute Gasteiger partial charge is 0.254 e. The molecule has 5 rings (SSSR count). The largest absolute Gasteiger partial charge is 0.454 e. The van der Waals surface area contributed by atoms with Crippen molar-refractivity contribution in [3.8, 4) is 11.5 Å². The second-order valence-corrected chi connectivity index (χ2v) is 8.92. The van der Waals surface area contributed by atoms with Crippen molar-refractivity contribution in [1.29, 1.82) is 0 Å². The first kappa shape index (κ1) is 21.2. The molecule has 0 spiro atoms. The molecule has 0 atom stereocenters. The van der Waals surface area contributed by atoms with E-state index < -0.39 is 0 Å². The summed E-state index contributed by atoms with van der Waals surface area (Å²) in [6.07, 6.45) is 1.12. The third kappa shape index (κ3) is 4.34. The minimum absolute atomic E-state index is 0.0748. The van der Waals surface area contributed by atoms with E-state index in [2.05, 4.69) is 5.32 Å². The fourth-order valence-electron chi connectivity index (χ4n) is 4.14. The molecule has 3 heterocycles. The van der Waals surface area contributed by atoms with Crippen LogP contribution in [0.25, 0.3) is 0 Å². The first-order chi connectivity index (χ1) is 16.1. The van der Waals surface area contributed by atoms with Crippen molar-refractivity contribution in [1.82, 2.24) is 4.90 Å². The second kappa shape index (κ2) is 9.07. The van der Waals surface area contributed by atoms with Gasteiger partial charge in [-0.15, -0.1) is 11.3 Å². The summed E-state index contributed by atoms with van der Waals surface area (Å²) < 4.78 is 10.7. The molecule has 2 aliphatic heterocycles. The lowest BCUT2D eigenvalue weighted by Crippen LogP contribution is -2.41. The van der Waals surface area contributed by atoms with Gasteiger partial charge in [-0.05, 0) is 42.5 Å². The topological polar surface area (TPSA) is 84.9 Å². The lowest BCUT2D eigenvalue weighted by Gasteiger charge is -2.31. The molecule has 3 aromatic rings. The van der Waals surface area contributed by atoms with Crippen LogP contribution in [0, 0.1) is 5.92 Å². The van der Waals surface area contributed by atoms with E-state index in [0.717, 1.165) is 0 Å². The predicted octanol–water partition coefficient (Wildman–Crippen LogP) is 4.20. The van der Waals surface area contributed by atoms with Crippen molar-refractivity contribution in [2.75, 3.05) is 25.2 Å². The minimum atomic E-state index is -0.192. The van der Waals surface area contributed by atoms with Crippen molar-refractivity contribution in [3.63, 3.8) is 0 Å². The van der Waals surface area contributed by atoms with E-state index in [0.29, 0.717) is 59.1 Å². The highest BCUT2D eigenvalue weighted by Gasteiger charge is 2.30. The average molecular weight is 463 g/mol. The number of thiophene rings is 1. The average Bonchev–Trinajstić information content (AvgIpc) is 3.55. The van der Waals surface area contributed by atoms with Gasteiger partial charge in [-0.2, -0.15) is 0 Å². The summed E-state index contributed by atoms with van der Waals surface area (Å²) in [7, 11) is 0. The molecule has 2 aliphatic rings. The van der Waals surface area contributed by atoms with Crippen LogP contribution in [0.2, 0.25) is 0 Å². The van der Waals surface area contributed by atoms with Gasteiger partial charge in [0.05, 0.1) is 10.4 Å². The van der Waals surface area contributed by atoms with Crippen LogP contribution in [0.5, 0.6) is 11.5 Å². The van der Waals surface area contributed by atoms with Crippen molar-refractivity contribution >= 4 is 34.6 Å². The van der Waals surface area contributed by atoms with E-state index in [1.165, 1.54) is 11.3 Å². The Morgan fingerprint density at radius 2 is 1.67 bits per heavy atom. The van der Waals surface area contributed by atoms with Crippen LogP contribution in [0.1, 0.15) is 38.4 Å². The van der Waals surface area contributed by atoms with Gasteiger partial charge in [0.1, 0.15) is 0 Å². The van der Waals surface area contributed by atoms with Crippen molar-refractivity contribution in [2.45, 2.75) is 12.8 Å². The summed E-state index contributed by atoms with van der Waals surface area (Å²) in [5.41, 5.74) is 1.47. The number of nitrogens with one attached hydrogen (secondary N) is 1. The highest BCUT2D eigenvalue weighted by molar-refractivity contribution is 7.12. The van der Waals surface area contributed by atoms with Crippen molar-refractivity contribution in [3.05, 3.63) is 76.0 Å². The van der Waals surface area contributed by atoms with Gasteiger partial charge in [0.25, 0.3) is 5.91 Å². The number of ether oxygens (including phenoxy) is 2. The number of likely N-dealkylation sites (tertiary alicyclic amines) is 1. The van der Waals surface area contributed by atoms with Gasteiger partial charge < -0.3 is 19.7 Å². The van der Waals surface area contributed by atoms with Gasteiger partial charge in [0.2, 0.25) is 18.5 Å². The van der Waals surface area contributed by atoms with Gasteiger partial charge in [-0.3, -0.25) is 14.4 Å². The monoisotopic (exact) mass is 462 g/mol. The standard InChI is InChI=1S/C25H22N2O5S/c28-23(22-6-3-13-33-22)18-4-1-2-5-19(18)25(30)27-11-9-16(10-12-27)24(29)26-17-7-8-20-21(14-17)32-15-31-20/h1-8,13-14,16H,9-12,15H2,(H,26,29). The van der Waals surface area contributed by atoms with Gasteiger partial charge in [0, 0.05) is 36.3 Å². The zero-order valence-electron chi connectivity index (χ0n) is 17.8. The number of fused-ring (bicyclic) bond motifs is 1. The highest BCUT2D eigenvalue weighted by Crippen LogP contribution is 2.34. The molecular formula is C25H22N2O5S. The zero-order chi connectivity index (χ0) is 22.8. The maximum absolute atomic E-state index is 13.2. The maximum Gasteiger partial charge on any atom is 0.254 e. The van der Waals surface area contributed by atoms with Crippen LogP contribution in [0.3, 0.4) is 0 Å². The normalized spacial score (nSPS) is 15.3. The zero-order valence-corrected chi connectivity index (χ0v) is 18.6. The number of piperidine rings is 1. The summed E-state index contributed by atoms with van der Waals surface area (Å²) in [5.74, 6) is 0.690. The Hall–Kier alpha value is -3.65. The van der Waals surface area contributed by atoms with Crippen molar-refractivity contribution in [2.24, 2.45) is 5.92 Å². The molecule has 1 N–H and O–H groups in total. The number of benzene rings is 2. The molecule has 168 valence electrons. The van der Waals surface area contributed by atoms with Gasteiger partial charge >= 0.3 is 0 Å². The summed E-state index contributed by atoms with van der Waals surface area (Å²) in [5, 5.41) is 4.78. The Morgan fingerprint density at radius 1 is 0.909 bits per heavy atom. The minimum Gasteiger partial charge on any atom is -0.454 e. The highest BCUT2D eigenvalue weighted by atomic mass is 32.1. The van der Waals surface area contributed by atoms with Gasteiger partial charge in [-0.25, -0.2) is 0 Å². The van der Waals surface area contributed by atoms with Crippen LogP contribution < -0.4 is 14.8 Å². The molecule has 0 aliphatic carbocycles. The second-order valence-electron chi connectivity index (χ2n) is 7.98. The number of hydrogen-bond acceptors (Lipinski definition) is 6. The molecule has 0 saturated carbocycles. The Morgan fingerprint density at radius 3 is 2.42 bits per heavy atom. The number of amides is 2. The van der Waals surface area contributed by atoms with E-state index in [1.807, 2.05) is 11.4 Å². The lowest BCUT2D eigenvalue weighted by molar-refractivity contribution is -0.121. The predicted molar refractivity (Wildman–Crippen MR) is 124 cm³/mol. The summed E-state index contributed by atoms with van der Waals surface area (Å²) in [4.78, 5) is 41.2. The first-order valence-corrected chi connectivity index (χ1v) is 11.6. The van der Waals surface area contributed by atoms with E-state index in [-0.39, 0.29) is 30.3 Å². The molecule has 0 radical (unpaired) electrons. The molecule has 2 aromatic carbocycles. The number of anilines is 1. The van der Waals surface area contributed by atoms with Crippen molar-refractivity contribution < 1.29 is 23.9 Å². The number of carbonyl (C=O) groups excluding carboxylic acids is 3. The molecule has 1 aromatic heterocycles. The fraction of sp³-hybridized carbons (Fsp3) is 0.240. The number of rotatable bonds is 5. The Balaban J connectivity index is 1.22. The summed E-state index contributed by atoms with van der Waals surface area (Å²) in [6.45, 7) is 1.10. The van der Waals surface area contributed by atoms with Crippen LogP contribution in [-0.2, 0) is 4.79 Å². The van der Waals surface area contributed by atoms with E-state index >= 15 is 0 Å². The third-order valence-corrected chi connectivity index (χ3v) is 6.81. The molecule has 1 fully saturated rings. The lowest BCUT2D eigenvalue weighted by atomic mass is 9.94. The maximum atomic E-state index is 13.2. The SMILES string of the molecule is O=C(c1cccs1)c1ccccc1C(=O)N1CCC(C(=O)Nc2ccc3c(c2)OCO3)CC1. The van der Waals surface area contributed by atoms with E-state index in [9.17, 15) is 14.4 Å². The van der Waals surface area contributed by atoms with Crippen LogP contribution in [0.4, 0.5) is 5.69 Å². The quantitative estimate of drug-likeness (QED) is 0.575. The van der Waals surface area contributed by atoms with Crippen LogP contribution >= 0.6 is 11.3 Å². The molecule has 1 saturated heterocycles. The molecule has 8 heteroatoms.